The second kappa shape index (κ2) is 4.84. The van der Waals surface area contributed by atoms with Crippen molar-refractivity contribution in [3.8, 4) is 0 Å². The number of halogens is 1. The van der Waals surface area contributed by atoms with E-state index in [1.807, 2.05) is 56.3 Å². The van der Waals surface area contributed by atoms with Crippen molar-refractivity contribution in [2.45, 2.75) is 13.8 Å². The van der Waals surface area contributed by atoms with Gasteiger partial charge in [-0.1, -0.05) is 46.3 Å². The van der Waals surface area contributed by atoms with Crippen molar-refractivity contribution < 1.29 is 4.79 Å². The molecule has 86 valence electrons. The summed E-state index contributed by atoms with van der Waals surface area (Å²) in [6.07, 6.45) is 0. The van der Waals surface area contributed by atoms with Gasteiger partial charge >= 0.3 is 0 Å². The number of benzene rings is 2. The third-order valence-electron chi connectivity index (χ3n) is 2.97. The fourth-order valence-corrected chi connectivity index (χ4v) is 2.25. The summed E-state index contributed by atoms with van der Waals surface area (Å²) in [4.78, 5) is 12.4. The van der Waals surface area contributed by atoms with Gasteiger partial charge in [-0.05, 0) is 37.1 Å². The van der Waals surface area contributed by atoms with Gasteiger partial charge < -0.3 is 0 Å². The van der Waals surface area contributed by atoms with Crippen LogP contribution in [0.25, 0.3) is 0 Å². The maximum atomic E-state index is 12.4. The molecule has 0 saturated carbocycles. The van der Waals surface area contributed by atoms with Gasteiger partial charge in [0.25, 0.3) is 0 Å². The minimum Gasteiger partial charge on any atom is -0.289 e. The van der Waals surface area contributed by atoms with Gasteiger partial charge in [0.15, 0.2) is 5.78 Å². The van der Waals surface area contributed by atoms with Crippen LogP contribution in [0.5, 0.6) is 0 Å². The number of ketones is 1. The van der Waals surface area contributed by atoms with Crippen molar-refractivity contribution in [3.63, 3.8) is 0 Å². The second-order valence-corrected chi connectivity index (χ2v) is 4.91. The molecule has 1 nitrogen and oxygen atoms in total. The van der Waals surface area contributed by atoms with Gasteiger partial charge in [-0.15, -0.1) is 0 Å². The van der Waals surface area contributed by atoms with E-state index in [1.54, 1.807) is 0 Å². The molecule has 0 aromatic heterocycles. The molecule has 0 aliphatic rings. The van der Waals surface area contributed by atoms with E-state index in [4.69, 9.17) is 0 Å². The first-order chi connectivity index (χ1) is 8.11. The van der Waals surface area contributed by atoms with Crippen LogP contribution in [0.1, 0.15) is 27.0 Å². The first-order valence-corrected chi connectivity index (χ1v) is 6.26. The van der Waals surface area contributed by atoms with Crippen molar-refractivity contribution in [1.29, 1.82) is 0 Å². The normalized spacial score (nSPS) is 10.3. The number of hydrogen-bond acceptors (Lipinski definition) is 1. The standard InChI is InChI=1S/C15H13BrO/c1-10-6-5-8-12(11(10)2)15(17)13-7-3-4-9-14(13)16/h3-9H,1-2H3. The molecule has 0 spiro atoms. The van der Waals surface area contributed by atoms with Gasteiger partial charge in [-0.25, -0.2) is 0 Å². The van der Waals surface area contributed by atoms with Crippen LogP contribution in [0.15, 0.2) is 46.9 Å². The molecule has 0 aliphatic heterocycles. The average Bonchev–Trinajstić information content (AvgIpc) is 2.32. The summed E-state index contributed by atoms with van der Waals surface area (Å²) in [6, 6.07) is 13.3. The highest BCUT2D eigenvalue weighted by atomic mass is 79.9. The van der Waals surface area contributed by atoms with Crippen LogP contribution in [0.4, 0.5) is 0 Å². The molecule has 0 amide bonds. The molecular formula is C15H13BrO. The molecule has 0 N–H and O–H groups in total. The molecule has 2 heteroatoms. The molecule has 2 aromatic rings. The van der Waals surface area contributed by atoms with Crippen molar-refractivity contribution >= 4 is 21.7 Å². The lowest BCUT2D eigenvalue weighted by molar-refractivity contribution is 0.103. The molecule has 2 aromatic carbocycles. The molecule has 0 saturated heterocycles. The predicted octanol–water partition coefficient (Wildman–Crippen LogP) is 4.30. The van der Waals surface area contributed by atoms with Crippen LogP contribution < -0.4 is 0 Å². The summed E-state index contributed by atoms with van der Waals surface area (Å²) in [5.74, 6) is 0.0682. The third-order valence-corrected chi connectivity index (χ3v) is 3.66. The maximum Gasteiger partial charge on any atom is 0.194 e. The minimum atomic E-state index is 0.0682. The van der Waals surface area contributed by atoms with Gasteiger partial charge in [0.05, 0.1) is 0 Å². The van der Waals surface area contributed by atoms with E-state index >= 15 is 0 Å². The Morgan fingerprint density at radius 1 is 0.941 bits per heavy atom. The van der Waals surface area contributed by atoms with Crippen LogP contribution in [-0.4, -0.2) is 5.78 Å². The Morgan fingerprint density at radius 2 is 1.59 bits per heavy atom. The number of aryl methyl sites for hydroxylation is 1. The van der Waals surface area contributed by atoms with Crippen LogP contribution >= 0.6 is 15.9 Å². The average molecular weight is 289 g/mol. The largest absolute Gasteiger partial charge is 0.289 e. The minimum absolute atomic E-state index is 0.0682. The molecule has 0 radical (unpaired) electrons. The second-order valence-electron chi connectivity index (χ2n) is 4.06. The Bertz CT molecular complexity index is 573. The predicted molar refractivity (Wildman–Crippen MR) is 73.5 cm³/mol. The number of carbonyl (C=O) groups excluding carboxylic acids is 1. The number of carbonyl (C=O) groups is 1. The van der Waals surface area contributed by atoms with E-state index in [0.29, 0.717) is 5.56 Å². The van der Waals surface area contributed by atoms with E-state index in [-0.39, 0.29) is 5.78 Å². The molecule has 2 rings (SSSR count). The summed E-state index contributed by atoms with van der Waals surface area (Å²) in [6.45, 7) is 4.01. The zero-order chi connectivity index (χ0) is 12.4. The smallest absolute Gasteiger partial charge is 0.194 e. The fourth-order valence-electron chi connectivity index (χ4n) is 1.79. The quantitative estimate of drug-likeness (QED) is 0.753. The zero-order valence-corrected chi connectivity index (χ0v) is 11.4. The number of hydrogen-bond donors (Lipinski definition) is 0. The Kier molecular flexibility index (Phi) is 3.43. The van der Waals surface area contributed by atoms with Crippen LogP contribution in [0.2, 0.25) is 0 Å². The fraction of sp³-hybridized carbons (Fsp3) is 0.133. The summed E-state index contributed by atoms with van der Waals surface area (Å²) in [7, 11) is 0. The topological polar surface area (TPSA) is 17.1 Å². The van der Waals surface area contributed by atoms with Gasteiger partial charge in [0.1, 0.15) is 0 Å². The van der Waals surface area contributed by atoms with E-state index in [9.17, 15) is 4.79 Å². The van der Waals surface area contributed by atoms with Crippen LogP contribution in [0.3, 0.4) is 0 Å². The lowest BCUT2D eigenvalue weighted by Gasteiger charge is -2.08. The molecule has 0 unspecified atom stereocenters. The first kappa shape index (κ1) is 12.1. The summed E-state index contributed by atoms with van der Waals surface area (Å²) < 4.78 is 0.839. The lowest BCUT2D eigenvalue weighted by atomic mass is 9.96. The highest BCUT2D eigenvalue weighted by Gasteiger charge is 2.14. The van der Waals surface area contributed by atoms with Gasteiger partial charge in [0.2, 0.25) is 0 Å². The SMILES string of the molecule is Cc1cccc(C(=O)c2ccccc2Br)c1C. The third kappa shape index (κ3) is 2.32. The van der Waals surface area contributed by atoms with Gasteiger partial charge in [-0.2, -0.15) is 0 Å². The Balaban J connectivity index is 2.52. The monoisotopic (exact) mass is 288 g/mol. The van der Waals surface area contributed by atoms with E-state index in [1.165, 1.54) is 0 Å². The highest BCUT2D eigenvalue weighted by Crippen LogP contribution is 2.22. The van der Waals surface area contributed by atoms with Crippen molar-refractivity contribution in [2.75, 3.05) is 0 Å². The molecule has 0 fully saturated rings. The molecule has 17 heavy (non-hydrogen) atoms. The van der Waals surface area contributed by atoms with Crippen LogP contribution in [-0.2, 0) is 0 Å². The molecular weight excluding hydrogens is 276 g/mol. The maximum absolute atomic E-state index is 12.4. The molecule has 0 atom stereocenters. The van der Waals surface area contributed by atoms with Crippen molar-refractivity contribution in [2.24, 2.45) is 0 Å². The van der Waals surface area contributed by atoms with E-state index in [2.05, 4.69) is 15.9 Å². The lowest BCUT2D eigenvalue weighted by Crippen LogP contribution is -2.05. The summed E-state index contributed by atoms with van der Waals surface area (Å²) in [5.41, 5.74) is 3.68. The zero-order valence-electron chi connectivity index (χ0n) is 9.83. The Hall–Kier alpha value is -1.41. The number of rotatable bonds is 2. The van der Waals surface area contributed by atoms with Crippen molar-refractivity contribution in [1.82, 2.24) is 0 Å². The molecule has 0 bridgehead atoms. The van der Waals surface area contributed by atoms with Crippen LogP contribution in [0, 0.1) is 13.8 Å². The highest BCUT2D eigenvalue weighted by molar-refractivity contribution is 9.10. The Labute approximate surface area is 110 Å². The van der Waals surface area contributed by atoms with Crippen molar-refractivity contribution in [3.05, 3.63) is 69.2 Å². The first-order valence-electron chi connectivity index (χ1n) is 5.46. The molecule has 0 aliphatic carbocycles. The van der Waals surface area contributed by atoms with E-state index < -0.39 is 0 Å². The summed E-state index contributed by atoms with van der Waals surface area (Å²) >= 11 is 3.42. The van der Waals surface area contributed by atoms with E-state index in [0.717, 1.165) is 21.2 Å². The molecule has 0 heterocycles. The summed E-state index contributed by atoms with van der Waals surface area (Å²) in [5, 5.41) is 0. The van der Waals surface area contributed by atoms with Gasteiger partial charge in [0, 0.05) is 15.6 Å². The van der Waals surface area contributed by atoms with Gasteiger partial charge in [-0.3, -0.25) is 4.79 Å². The Morgan fingerprint density at radius 3 is 2.29 bits per heavy atom.